The number of amides is 1. The van der Waals surface area contributed by atoms with Gasteiger partial charge in [0.2, 0.25) is 12.7 Å². The summed E-state index contributed by atoms with van der Waals surface area (Å²) in [7, 11) is 0. The normalized spacial score (nSPS) is 16.3. The number of hydrogen-bond donors (Lipinski definition) is 1. The minimum Gasteiger partial charge on any atom is -0.494 e. The summed E-state index contributed by atoms with van der Waals surface area (Å²) in [5.74, 6) is 3.26. The van der Waals surface area contributed by atoms with Crippen LogP contribution in [0.15, 0.2) is 42.5 Å². The number of nitrogens with zero attached hydrogens (tertiary/aromatic N) is 1. The molecule has 0 aromatic heterocycles. The lowest BCUT2D eigenvalue weighted by atomic mass is 9.90. The molecule has 2 aliphatic heterocycles. The van der Waals surface area contributed by atoms with Crippen LogP contribution in [0.2, 0.25) is 0 Å². The highest BCUT2D eigenvalue weighted by Gasteiger charge is 2.21. The van der Waals surface area contributed by atoms with Gasteiger partial charge in [-0.05, 0) is 87.0 Å². The standard InChI is InChI=1S/C25H32N2O4/c1-2-29-22-8-5-19(6-9-22)3-4-20-11-13-27(14-12-20)17-25(28)26-16-21-7-10-23-24(15-21)31-18-30-23/h5-10,15,20H,2-4,11-14,16-18H2,1H3,(H,26,28). The molecule has 1 amide bonds. The Morgan fingerprint density at radius 1 is 1.06 bits per heavy atom. The van der Waals surface area contributed by atoms with Crippen molar-refractivity contribution >= 4 is 5.91 Å². The molecule has 0 spiro atoms. The predicted octanol–water partition coefficient (Wildman–Crippen LogP) is 3.78. The SMILES string of the molecule is CCOc1ccc(CCC2CCN(CC(=O)NCc3ccc4c(c3)OCO4)CC2)cc1. The Bertz CT molecular complexity index is 860. The molecule has 1 saturated heterocycles. The molecule has 6 nitrogen and oxygen atoms in total. The van der Waals surface area contributed by atoms with Gasteiger partial charge in [-0.15, -0.1) is 0 Å². The third kappa shape index (κ3) is 6.14. The Kier molecular flexibility index (Phi) is 7.30. The topological polar surface area (TPSA) is 60.0 Å². The van der Waals surface area contributed by atoms with Gasteiger partial charge in [0.1, 0.15) is 5.75 Å². The molecule has 0 aliphatic carbocycles. The fourth-order valence-corrected chi connectivity index (χ4v) is 4.23. The Morgan fingerprint density at radius 3 is 2.58 bits per heavy atom. The van der Waals surface area contributed by atoms with Gasteiger partial charge in [-0.2, -0.15) is 0 Å². The number of aryl methyl sites for hydroxylation is 1. The third-order valence-electron chi connectivity index (χ3n) is 6.08. The van der Waals surface area contributed by atoms with Crippen LogP contribution in [-0.2, 0) is 17.8 Å². The van der Waals surface area contributed by atoms with Gasteiger partial charge in [-0.25, -0.2) is 0 Å². The van der Waals surface area contributed by atoms with E-state index in [0.717, 1.165) is 61.1 Å². The highest BCUT2D eigenvalue weighted by Crippen LogP contribution is 2.32. The van der Waals surface area contributed by atoms with Gasteiger partial charge in [0, 0.05) is 6.54 Å². The molecule has 0 radical (unpaired) electrons. The highest BCUT2D eigenvalue weighted by atomic mass is 16.7. The van der Waals surface area contributed by atoms with Crippen molar-refractivity contribution in [2.24, 2.45) is 5.92 Å². The number of nitrogens with one attached hydrogen (secondary N) is 1. The maximum Gasteiger partial charge on any atom is 0.234 e. The molecule has 2 heterocycles. The minimum absolute atomic E-state index is 0.0745. The summed E-state index contributed by atoms with van der Waals surface area (Å²) in [6.45, 7) is 5.93. The Labute approximate surface area is 184 Å². The summed E-state index contributed by atoms with van der Waals surface area (Å²) in [6.07, 6.45) is 4.63. The lowest BCUT2D eigenvalue weighted by Gasteiger charge is -2.31. The van der Waals surface area contributed by atoms with Crippen molar-refractivity contribution < 1.29 is 19.0 Å². The van der Waals surface area contributed by atoms with E-state index >= 15 is 0 Å². The van der Waals surface area contributed by atoms with E-state index in [4.69, 9.17) is 14.2 Å². The van der Waals surface area contributed by atoms with E-state index in [0.29, 0.717) is 19.7 Å². The first-order chi connectivity index (χ1) is 15.2. The zero-order valence-electron chi connectivity index (χ0n) is 18.3. The molecule has 2 aromatic carbocycles. The van der Waals surface area contributed by atoms with Gasteiger partial charge in [0.05, 0.1) is 13.2 Å². The van der Waals surface area contributed by atoms with Crippen LogP contribution < -0.4 is 19.5 Å². The number of hydrogen-bond acceptors (Lipinski definition) is 5. The van der Waals surface area contributed by atoms with Crippen LogP contribution in [0.5, 0.6) is 17.2 Å². The molecule has 0 unspecified atom stereocenters. The monoisotopic (exact) mass is 424 g/mol. The van der Waals surface area contributed by atoms with Crippen LogP contribution in [-0.4, -0.2) is 43.8 Å². The summed E-state index contributed by atoms with van der Waals surface area (Å²) < 4.78 is 16.2. The molecular formula is C25H32N2O4. The minimum atomic E-state index is 0.0745. The number of likely N-dealkylation sites (tertiary alicyclic amines) is 1. The van der Waals surface area contributed by atoms with Crippen molar-refractivity contribution in [1.29, 1.82) is 0 Å². The largest absolute Gasteiger partial charge is 0.494 e. The molecule has 2 aromatic rings. The summed E-state index contributed by atoms with van der Waals surface area (Å²) in [6, 6.07) is 14.2. The number of ether oxygens (including phenoxy) is 3. The lowest BCUT2D eigenvalue weighted by Crippen LogP contribution is -2.41. The van der Waals surface area contributed by atoms with E-state index < -0.39 is 0 Å². The van der Waals surface area contributed by atoms with Gasteiger partial charge in [0.25, 0.3) is 0 Å². The molecule has 1 N–H and O–H groups in total. The first kappa shape index (κ1) is 21.5. The zero-order chi connectivity index (χ0) is 21.5. The second kappa shape index (κ2) is 10.5. The van der Waals surface area contributed by atoms with Gasteiger partial charge in [-0.3, -0.25) is 9.69 Å². The molecule has 6 heteroatoms. The van der Waals surface area contributed by atoms with E-state index in [1.807, 2.05) is 25.1 Å². The number of rotatable bonds is 9. The van der Waals surface area contributed by atoms with Crippen molar-refractivity contribution in [2.45, 2.75) is 39.2 Å². The first-order valence-corrected chi connectivity index (χ1v) is 11.3. The van der Waals surface area contributed by atoms with Gasteiger partial charge in [-0.1, -0.05) is 18.2 Å². The fraction of sp³-hybridized carbons (Fsp3) is 0.480. The summed E-state index contributed by atoms with van der Waals surface area (Å²) in [5.41, 5.74) is 2.39. The molecule has 0 bridgehead atoms. The van der Waals surface area contributed by atoms with Crippen LogP contribution in [0, 0.1) is 5.92 Å². The maximum absolute atomic E-state index is 12.4. The quantitative estimate of drug-likeness (QED) is 0.664. The Hall–Kier alpha value is -2.73. The number of carbonyl (C=O) groups excluding carboxylic acids is 1. The van der Waals surface area contributed by atoms with Gasteiger partial charge in [0.15, 0.2) is 11.5 Å². The number of fused-ring (bicyclic) bond motifs is 1. The second-order valence-corrected chi connectivity index (χ2v) is 8.30. The van der Waals surface area contributed by atoms with Gasteiger partial charge < -0.3 is 19.5 Å². The maximum atomic E-state index is 12.4. The van der Waals surface area contributed by atoms with Crippen LogP contribution in [0.3, 0.4) is 0 Å². The fourth-order valence-electron chi connectivity index (χ4n) is 4.23. The molecule has 166 valence electrons. The second-order valence-electron chi connectivity index (χ2n) is 8.30. The lowest BCUT2D eigenvalue weighted by molar-refractivity contribution is -0.122. The summed E-state index contributed by atoms with van der Waals surface area (Å²) in [5, 5.41) is 3.02. The number of benzene rings is 2. The molecular weight excluding hydrogens is 392 g/mol. The van der Waals surface area contributed by atoms with Crippen LogP contribution in [0.1, 0.15) is 37.3 Å². The molecule has 31 heavy (non-hydrogen) atoms. The predicted molar refractivity (Wildman–Crippen MR) is 120 cm³/mol. The molecule has 4 rings (SSSR count). The number of carbonyl (C=O) groups is 1. The van der Waals surface area contributed by atoms with Crippen LogP contribution in [0.25, 0.3) is 0 Å². The van der Waals surface area contributed by atoms with Crippen molar-refractivity contribution in [3.05, 3.63) is 53.6 Å². The Morgan fingerprint density at radius 2 is 1.81 bits per heavy atom. The molecule has 2 aliphatic rings. The highest BCUT2D eigenvalue weighted by molar-refractivity contribution is 5.78. The third-order valence-corrected chi connectivity index (χ3v) is 6.08. The first-order valence-electron chi connectivity index (χ1n) is 11.3. The van der Waals surface area contributed by atoms with Gasteiger partial charge >= 0.3 is 0 Å². The average molecular weight is 425 g/mol. The van der Waals surface area contributed by atoms with E-state index in [9.17, 15) is 4.79 Å². The average Bonchev–Trinajstić information content (AvgIpc) is 3.26. The van der Waals surface area contributed by atoms with Crippen LogP contribution in [0.4, 0.5) is 0 Å². The zero-order valence-corrected chi connectivity index (χ0v) is 18.3. The molecule has 0 saturated carbocycles. The van der Waals surface area contributed by atoms with Crippen molar-refractivity contribution in [2.75, 3.05) is 33.0 Å². The van der Waals surface area contributed by atoms with Crippen molar-refractivity contribution in [1.82, 2.24) is 10.2 Å². The smallest absolute Gasteiger partial charge is 0.234 e. The van der Waals surface area contributed by atoms with E-state index in [-0.39, 0.29) is 12.7 Å². The Balaban J connectivity index is 1.13. The van der Waals surface area contributed by atoms with Crippen molar-refractivity contribution in [3.63, 3.8) is 0 Å². The van der Waals surface area contributed by atoms with E-state index in [1.54, 1.807) is 0 Å². The van der Waals surface area contributed by atoms with Crippen LogP contribution >= 0.6 is 0 Å². The molecule has 1 fully saturated rings. The number of piperidine rings is 1. The van der Waals surface area contributed by atoms with Crippen molar-refractivity contribution in [3.8, 4) is 17.2 Å². The summed E-state index contributed by atoms with van der Waals surface area (Å²) in [4.78, 5) is 14.6. The van der Waals surface area contributed by atoms with E-state index in [2.05, 4.69) is 34.5 Å². The molecule has 0 atom stereocenters. The summed E-state index contributed by atoms with van der Waals surface area (Å²) >= 11 is 0. The van der Waals surface area contributed by atoms with E-state index in [1.165, 1.54) is 12.0 Å².